The van der Waals surface area contributed by atoms with Gasteiger partial charge in [-0.25, -0.2) is 21.6 Å². The molecule has 200 valence electrons. The normalized spacial score (nSPS) is 22.9. The quantitative estimate of drug-likeness (QED) is 0.548. The highest BCUT2D eigenvalue weighted by Gasteiger charge is 2.45. The van der Waals surface area contributed by atoms with Crippen molar-refractivity contribution in [2.24, 2.45) is 0 Å². The number of methoxy groups -OCH3 is 1. The number of hydrogen-bond donors (Lipinski definition) is 2. The van der Waals surface area contributed by atoms with Crippen LogP contribution in [-0.4, -0.2) is 54.8 Å². The fraction of sp³-hybridized carbons (Fsp3) is 0.500. The number of ether oxygens (including phenoxy) is 1. The van der Waals surface area contributed by atoms with Crippen LogP contribution >= 0.6 is 0 Å². The van der Waals surface area contributed by atoms with Crippen molar-refractivity contribution in [3.8, 4) is 0 Å². The lowest BCUT2D eigenvalue weighted by atomic mass is 9.70. The minimum absolute atomic E-state index is 0.0544. The number of carbonyl (C=O) groups is 1. The molecular weight excluding hydrogens is 514 g/mol. The fourth-order valence-electron chi connectivity index (χ4n) is 5.88. The molecule has 0 radical (unpaired) electrons. The van der Waals surface area contributed by atoms with Crippen molar-refractivity contribution in [2.45, 2.75) is 67.4 Å². The second-order valence-corrected chi connectivity index (χ2v) is 14.0. The number of hydrogen-bond acceptors (Lipinski definition) is 6. The summed E-state index contributed by atoms with van der Waals surface area (Å²) >= 11 is 0. The van der Waals surface area contributed by atoms with Gasteiger partial charge in [-0.1, -0.05) is 25.3 Å². The second kappa shape index (κ2) is 9.68. The number of fused-ring (bicyclic) bond motifs is 2. The van der Waals surface area contributed by atoms with E-state index in [0.29, 0.717) is 30.6 Å². The molecule has 0 atom stereocenters. The Labute approximate surface area is 218 Å². The summed E-state index contributed by atoms with van der Waals surface area (Å²) in [7, 11) is -5.61. The predicted molar refractivity (Wildman–Crippen MR) is 142 cm³/mol. The molecular formula is C26H33N3O6S2. The molecule has 2 aliphatic carbocycles. The molecule has 9 nitrogen and oxygen atoms in total. The van der Waals surface area contributed by atoms with Crippen LogP contribution in [0, 0.1) is 0 Å². The highest BCUT2D eigenvalue weighted by molar-refractivity contribution is 7.92. The number of anilines is 2. The molecule has 2 saturated carbocycles. The first kappa shape index (κ1) is 26.1. The van der Waals surface area contributed by atoms with Gasteiger partial charge in [0.15, 0.2) is 0 Å². The Balaban J connectivity index is 1.44. The molecule has 3 aliphatic rings. The number of sulfonamides is 2. The van der Waals surface area contributed by atoms with Crippen LogP contribution < -0.4 is 14.3 Å². The van der Waals surface area contributed by atoms with Crippen LogP contribution in [0.1, 0.15) is 60.9 Å². The van der Waals surface area contributed by atoms with Crippen LogP contribution in [0.15, 0.2) is 47.4 Å². The van der Waals surface area contributed by atoms with Crippen LogP contribution in [0.3, 0.4) is 0 Å². The molecule has 5 rings (SSSR count). The highest BCUT2D eigenvalue weighted by atomic mass is 32.2. The van der Waals surface area contributed by atoms with E-state index in [1.165, 1.54) is 12.1 Å². The Kier molecular flexibility index (Phi) is 6.84. The largest absolute Gasteiger partial charge is 0.381 e. The lowest BCUT2D eigenvalue weighted by molar-refractivity contribution is 0.0236. The molecule has 11 heteroatoms. The molecule has 1 spiro atoms. The van der Waals surface area contributed by atoms with E-state index < -0.39 is 20.0 Å². The van der Waals surface area contributed by atoms with Gasteiger partial charge in [0, 0.05) is 42.0 Å². The summed E-state index contributed by atoms with van der Waals surface area (Å²) in [5.74, 6) is -0.271. The molecule has 0 saturated heterocycles. The van der Waals surface area contributed by atoms with Gasteiger partial charge in [-0.15, -0.1) is 0 Å². The second-order valence-electron chi connectivity index (χ2n) is 10.5. The average molecular weight is 548 g/mol. The van der Waals surface area contributed by atoms with E-state index >= 15 is 0 Å². The topological polar surface area (TPSA) is 122 Å². The molecule has 0 aromatic heterocycles. The number of benzene rings is 2. The van der Waals surface area contributed by atoms with Crippen molar-refractivity contribution in [3.63, 3.8) is 0 Å². The van der Waals surface area contributed by atoms with Gasteiger partial charge in [0.2, 0.25) is 20.0 Å². The van der Waals surface area contributed by atoms with Crippen LogP contribution in [0.4, 0.5) is 11.4 Å². The Morgan fingerprint density at radius 2 is 1.76 bits per heavy atom. The fourth-order valence-corrected chi connectivity index (χ4v) is 7.74. The van der Waals surface area contributed by atoms with E-state index in [0.717, 1.165) is 49.6 Å². The minimum atomic E-state index is -3.78. The maximum absolute atomic E-state index is 13.8. The van der Waals surface area contributed by atoms with Crippen LogP contribution in [-0.2, 0) is 30.2 Å². The van der Waals surface area contributed by atoms with E-state index in [1.54, 1.807) is 36.3 Å². The van der Waals surface area contributed by atoms with Crippen molar-refractivity contribution in [3.05, 3.63) is 53.6 Å². The van der Waals surface area contributed by atoms with E-state index in [2.05, 4.69) is 9.44 Å². The third-order valence-corrected chi connectivity index (χ3v) is 9.94. The van der Waals surface area contributed by atoms with Crippen molar-refractivity contribution in [2.75, 3.05) is 29.5 Å². The summed E-state index contributed by atoms with van der Waals surface area (Å²) in [6.07, 6.45) is 7.45. The summed E-state index contributed by atoms with van der Waals surface area (Å²) in [6.45, 7) is 0.485. The molecule has 1 amide bonds. The summed E-state index contributed by atoms with van der Waals surface area (Å²) in [5, 5.41) is 0. The van der Waals surface area contributed by atoms with Gasteiger partial charge in [0.05, 0.1) is 17.3 Å². The van der Waals surface area contributed by atoms with Gasteiger partial charge in [-0.3, -0.25) is 9.52 Å². The van der Waals surface area contributed by atoms with E-state index in [9.17, 15) is 21.6 Å². The van der Waals surface area contributed by atoms with Crippen LogP contribution in [0.2, 0.25) is 0 Å². The van der Waals surface area contributed by atoms with E-state index in [-0.39, 0.29) is 28.4 Å². The Morgan fingerprint density at radius 1 is 1.03 bits per heavy atom. The van der Waals surface area contributed by atoms with Crippen molar-refractivity contribution >= 4 is 37.3 Å². The van der Waals surface area contributed by atoms with Gasteiger partial charge in [-0.2, -0.15) is 0 Å². The highest BCUT2D eigenvalue weighted by Crippen LogP contribution is 2.50. The molecule has 2 aromatic carbocycles. The number of rotatable bonds is 7. The molecule has 0 bridgehead atoms. The molecule has 2 N–H and O–H groups in total. The first-order valence-electron chi connectivity index (χ1n) is 12.6. The summed E-state index contributed by atoms with van der Waals surface area (Å²) in [4.78, 5) is 15.6. The first-order valence-corrected chi connectivity index (χ1v) is 16.0. The van der Waals surface area contributed by atoms with E-state index in [1.807, 2.05) is 6.07 Å². The maximum atomic E-state index is 13.8. The summed E-state index contributed by atoms with van der Waals surface area (Å²) < 4.78 is 60.1. The smallest absolute Gasteiger partial charge is 0.258 e. The van der Waals surface area contributed by atoms with Crippen molar-refractivity contribution < 1.29 is 26.4 Å². The SMILES string of the molecule is COC1CC(NS(=O)(=O)c2cccc(C(=O)N3CC4(CCCCC4)c4cc(NS(C)(=O)=O)ccc43)c2)C1. The number of nitrogens with zero attached hydrogens (tertiary/aromatic N) is 1. The lowest BCUT2D eigenvalue weighted by Crippen LogP contribution is -2.47. The van der Waals surface area contributed by atoms with Crippen LogP contribution in [0.5, 0.6) is 0 Å². The van der Waals surface area contributed by atoms with Gasteiger partial charge >= 0.3 is 0 Å². The van der Waals surface area contributed by atoms with Gasteiger partial charge in [0.1, 0.15) is 0 Å². The zero-order valence-electron chi connectivity index (χ0n) is 21.1. The average Bonchev–Trinajstić information content (AvgIpc) is 3.13. The Morgan fingerprint density at radius 3 is 2.43 bits per heavy atom. The van der Waals surface area contributed by atoms with Crippen molar-refractivity contribution in [1.82, 2.24) is 4.72 Å². The molecule has 1 aliphatic heterocycles. The predicted octanol–water partition coefficient (Wildman–Crippen LogP) is 3.38. The standard InChI is InChI=1S/C26H33N3O6S2/c1-35-21-14-20(15-21)28-37(33,34)22-8-6-7-18(13-22)25(30)29-17-26(11-4-3-5-12-26)23-16-19(9-10-24(23)29)27-36(2,31)32/h6-10,13,16,20-21,27-28H,3-5,11-12,14-15,17H2,1-2H3. The monoisotopic (exact) mass is 547 g/mol. The number of amides is 1. The maximum Gasteiger partial charge on any atom is 0.258 e. The van der Waals surface area contributed by atoms with Crippen LogP contribution in [0.25, 0.3) is 0 Å². The van der Waals surface area contributed by atoms with Gasteiger partial charge in [-0.05, 0) is 67.6 Å². The zero-order chi connectivity index (χ0) is 26.4. The molecule has 2 aromatic rings. The third-order valence-electron chi connectivity index (χ3n) is 7.82. The summed E-state index contributed by atoms with van der Waals surface area (Å²) in [5.41, 5.74) is 2.25. The third kappa shape index (κ3) is 5.27. The van der Waals surface area contributed by atoms with E-state index in [4.69, 9.17) is 4.74 Å². The van der Waals surface area contributed by atoms with Gasteiger partial charge < -0.3 is 9.64 Å². The zero-order valence-corrected chi connectivity index (χ0v) is 22.7. The number of carbonyl (C=O) groups excluding carboxylic acids is 1. The molecule has 37 heavy (non-hydrogen) atoms. The Bertz CT molecular complexity index is 1410. The molecule has 2 fully saturated rings. The molecule has 1 heterocycles. The Hall–Kier alpha value is -2.47. The number of nitrogens with one attached hydrogen (secondary N) is 2. The van der Waals surface area contributed by atoms with Gasteiger partial charge in [0.25, 0.3) is 5.91 Å². The summed E-state index contributed by atoms with van der Waals surface area (Å²) in [6, 6.07) is 11.3. The first-order chi connectivity index (χ1) is 17.5. The lowest BCUT2D eigenvalue weighted by Gasteiger charge is -2.34. The minimum Gasteiger partial charge on any atom is -0.381 e. The van der Waals surface area contributed by atoms with Crippen molar-refractivity contribution in [1.29, 1.82) is 0 Å². The molecule has 0 unspecified atom stereocenters.